The van der Waals surface area contributed by atoms with Crippen LogP contribution in [0.25, 0.3) is 10.9 Å². The highest BCUT2D eigenvalue weighted by Crippen LogP contribution is 2.24. The van der Waals surface area contributed by atoms with E-state index in [0.717, 1.165) is 36.7 Å². The van der Waals surface area contributed by atoms with E-state index in [1.54, 1.807) is 0 Å². The summed E-state index contributed by atoms with van der Waals surface area (Å²) in [5.41, 5.74) is 0.736. The van der Waals surface area contributed by atoms with Crippen molar-refractivity contribution in [3.8, 4) is 0 Å². The van der Waals surface area contributed by atoms with Gasteiger partial charge in [0.1, 0.15) is 0 Å². The fourth-order valence-corrected chi connectivity index (χ4v) is 3.98. The lowest BCUT2D eigenvalue weighted by atomic mass is 10.2. The van der Waals surface area contributed by atoms with Gasteiger partial charge in [-0.1, -0.05) is 25.5 Å². The van der Waals surface area contributed by atoms with Gasteiger partial charge in [-0.25, -0.2) is 4.98 Å². The van der Waals surface area contributed by atoms with E-state index in [1.807, 2.05) is 36.0 Å². The summed E-state index contributed by atoms with van der Waals surface area (Å²) < 4.78 is 0. The molecule has 3 rings (SSSR count). The second-order valence-corrected chi connectivity index (χ2v) is 7.00. The molecule has 1 saturated heterocycles. The molecule has 1 N–H and O–H groups in total. The maximum absolute atomic E-state index is 12.2. The lowest BCUT2D eigenvalue weighted by Gasteiger charge is -2.24. The zero-order chi connectivity index (χ0) is 14.7. The molecule has 1 aromatic heterocycles. The molecule has 1 unspecified atom stereocenters. The number of aromatic nitrogens is 2. The Morgan fingerprint density at radius 1 is 1.38 bits per heavy atom. The van der Waals surface area contributed by atoms with Crippen LogP contribution in [0.1, 0.15) is 26.2 Å². The summed E-state index contributed by atoms with van der Waals surface area (Å²) in [6.45, 7) is 4.15. The molecule has 0 aliphatic carbocycles. The van der Waals surface area contributed by atoms with Crippen LogP contribution in [-0.2, 0) is 0 Å². The number of para-hydroxylation sites is 1. The minimum atomic E-state index is -0.0421. The maximum atomic E-state index is 12.2. The molecule has 21 heavy (non-hydrogen) atoms. The minimum Gasteiger partial charge on any atom is -0.341 e. The lowest BCUT2D eigenvalue weighted by Crippen LogP contribution is -2.32. The van der Waals surface area contributed by atoms with Gasteiger partial charge in [0.2, 0.25) is 5.95 Å². The van der Waals surface area contributed by atoms with Crippen molar-refractivity contribution >= 4 is 28.6 Å². The first-order valence-corrected chi connectivity index (χ1v) is 8.68. The Hall–Kier alpha value is -1.49. The summed E-state index contributed by atoms with van der Waals surface area (Å²) in [7, 11) is 0. The second-order valence-electron chi connectivity index (χ2n) is 5.43. The molecule has 5 heteroatoms. The van der Waals surface area contributed by atoms with Crippen LogP contribution < -0.4 is 10.5 Å². The fraction of sp³-hybridized carbons (Fsp3) is 0.500. The fourth-order valence-electron chi connectivity index (χ4n) is 2.89. The monoisotopic (exact) mass is 303 g/mol. The van der Waals surface area contributed by atoms with Crippen molar-refractivity contribution in [1.29, 1.82) is 0 Å². The number of thioether (sulfide) groups is 1. The summed E-state index contributed by atoms with van der Waals surface area (Å²) in [5, 5.41) is 1.30. The van der Waals surface area contributed by atoms with Gasteiger partial charge in [0, 0.05) is 18.3 Å². The number of aromatic amines is 1. The van der Waals surface area contributed by atoms with Gasteiger partial charge in [0.25, 0.3) is 5.56 Å². The van der Waals surface area contributed by atoms with Crippen molar-refractivity contribution in [1.82, 2.24) is 9.97 Å². The van der Waals surface area contributed by atoms with Crippen LogP contribution in [0.3, 0.4) is 0 Å². The van der Waals surface area contributed by atoms with E-state index < -0.39 is 0 Å². The SMILES string of the molecule is CCSC1CCCCN(c2nc3ccccc3c(=O)[nH]2)C1. The number of nitrogens with zero attached hydrogens (tertiary/aromatic N) is 2. The molecule has 1 fully saturated rings. The molecule has 1 atom stereocenters. The van der Waals surface area contributed by atoms with Crippen molar-refractivity contribution in [2.75, 3.05) is 23.7 Å². The van der Waals surface area contributed by atoms with Crippen LogP contribution in [0.5, 0.6) is 0 Å². The summed E-state index contributed by atoms with van der Waals surface area (Å²) in [5.74, 6) is 1.86. The Bertz CT molecular complexity index is 670. The Balaban J connectivity index is 1.93. The van der Waals surface area contributed by atoms with E-state index in [9.17, 15) is 4.79 Å². The molecule has 2 heterocycles. The summed E-state index contributed by atoms with van der Waals surface area (Å²) in [6.07, 6.45) is 3.68. The number of fused-ring (bicyclic) bond motifs is 1. The molecular formula is C16H21N3OS. The van der Waals surface area contributed by atoms with Crippen LogP contribution >= 0.6 is 11.8 Å². The molecule has 112 valence electrons. The summed E-state index contributed by atoms with van der Waals surface area (Å²) in [4.78, 5) is 22.1. The maximum Gasteiger partial charge on any atom is 0.260 e. The molecule has 2 aromatic rings. The van der Waals surface area contributed by atoms with Gasteiger partial charge in [-0.3, -0.25) is 9.78 Å². The third-order valence-corrected chi connectivity index (χ3v) is 5.12. The molecule has 0 amide bonds. The Morgan fingerprint density at radius 3 is 3.10 bits per heavy atom. The van der Waals surface area contributed by atoms with Crippen LogP contribution in [0.2, 0.25) is 0 Å². The largest absolute Gasteiger partial charge is 0.341 e. The number of rotatable bonds is 3. The van der Waals surface area contributed by atoms with Crippen LogP contribution in [0.15, 0.2) is 29.1 Å². The van der Waals surface area contributed by atoms with Crippen LogP contribution in [0, 0.1) is 0 Å². The van der Waals surface area contributed by atoms with E-state index >= 15 is 0 Å². The Morgan fingerprint density at radius 2 is 2.24 bits per heavy atom. The van der Waals surface area contributed by atoms with Gasteiger partial charge in [0.05, 0.1) is 10.9 Å². The van der Waals surface area contributed by atoms with Crippen molar-refractivity contribution in [3.05, 3.63) is 34.6 Å². The minimum absolute atomic E-state index is 0.0421. The van der Waals surface area contributed by atoms with Gasteiger partial charge in [-0.2, -0.15) is 11.8 Å². The highest BCUT2D eigenvalue weighted by molar-refractivity contribution is 7.99. The van der Waals surface area contributed by atoms with Crippen molar-refractivity contribution in [2.45, 2.75) is 31.4 Å². The zero-order valence-electron chi connectivity index (χ0n) is 12.3. The first-order valence-electron chi connectivity index (χ1n) is 7.63. The molecule has 0 spiro atoms. The number of hydrogen-bond acceptors (Lipinski definition) is 4. The number of anilines is 1. The lowest BCUT2D eigenvalue weighted by molar-refractivity contribution is 0.735. The van der Waals surface area contributed by atoms with Gasteiger partial charge in [-0.15, -0.1) is 0 Å². The zero-order valence-corrected chi connectivity index (χ0v) is 13.2. The molecule has 0 saturated carbocycles. The topological polar surface area (TPSA) is 49.0 Å². The van der Waals surface area contributed by atoms with Gasteiger partial charge >= 0.3 is 0 Å². The average Bonchev–Trinajstić information content (AvgIpc) is 2.73. The third-order valence-electron chi connectivity index (χ3n) is 3.93. The smallest absolute Gasteiger partial charge is 0.260 e. The first kappa shape index (κ1) is 14.4. The molecule has 4 nitrogen and oxygen atoms in total. The standard InChI is InChI=1S/C16H21N3OS/c1-2-21-12-7-5-6-10-19(11-12)16-17-14-9-4-3-8-13(14)15(20)18-16/h3-4,8-9,12H,2,5-7,10-11H2,1H3,(H,17,18,20). The highest BCUT2D eigenvalue weighted by atomic mass is 32.2. The molecule has 1 aliphatic heterocycles. The third kappa shape index (κ3) is 3.23. The Kier molecular flexibility index (Phi) is 4.48. The molecule has 0 radical (unpaired) electrons. The van der Waals surface area contributed by atoms with Crippen molar-refractivity contribution in [2.24, 2.45) is 0 Å². The number of H-pyrrole nitrogens is 1. The number of hydrogen-bond donors (Lipinski definition) is 1. The molecule has 1 aliphatic rings. The first-order chi connectivity index (χ1) is 10.3. The van der Waals surface area contributed by atoms with Crippen LogP contribution in [0.4, 0.5) is 5.95 Å². The highest BCUT2D eigenvalue weighted by Gasteiger charge is 2.20. The van der Waals surface area contributed by atoms with E-state index in [2.05, 4.69) is 21.8 Å². The Labute approximate surface area is 129 Å². The van der Waals surface area contributed by atoms with Gasteiger partial charge in [0.15, 0.2) is 0 Å². The normalized spacial score (nSPS) is 19.7. The number of benzene rings is 1. The van der Waals surface area contributed by atoms with Gasteiger partial charge in [-0.05, 0) is 30.7 Å². The van der Waals surface area contributed by atoms with Crippen molar-refractivity contribution in [3.63, 3.8) is 0 Å². The molecule has 1 aromatic carbocycles. The van der Waals surface area contributed by atoms with E-state index in [4.69, 9.17) is 0 Å². The van der Waals surface area contributed by atoms with Gasteiger partial charge < -0.3 is 4.90 Å². The van der Waals surface area contributed by atoms with Crippen molar-refractivity contribution < 1.29 is 0 Å². The van der Waals surface area contributed by atoms with E-state index in [-0.39, 0.29) is 5.56 Å². The summed E-state index contributed by atoms with van der Waals surface area (Å²) >= 11 is 2.01. The van der Waals surface area contributed by atoms with E-state index in [0.29, 0.717) is 10.6 Å². The average molecular weight is 303 g/mol. The molecular weight excluding hydrogens is 282 g/mol. The van der Waals surface area contributed by atoms with Crippen LogP contribution in [-0.4, -0.2) is 34.1 Å². The number of nitrogens with one attached hydrogen (secondary N) is 1. The summed E-state index contributed by atoms with van der Waals surface area (Å²) in [6, 6.07) is 7.53. The predicted molar refractivity (Wildman–Crippen MR) is 90.3 cm³/mol. The molecule has 0 bridgehead atoms. The second kappa shape index (κ2) is 6.52. The van der Waals surface area contributed by atoms with E-state index in [1.165, 1.54) is 12.8 Å². The predicted octanol–water partition coefficient (Wildman–Crippen LogP) is 3.04. The quantitative estimate of drug-likeness (QED) is 0.947.